The van der Waals surface area contributed by atoms with Crippen molar-refractivity contribution in [3.63, 3.8) is 0 Å². The van der Waals surface area contributed by atoms with E-state index in [9.17, 15) is 9.59 Å². The molecule has 144 valence electrons. The van der Waals surface area contributed by atoms with E-state index in [0.29, 0.717) is 17.0 Å². The van der Waals surface area contributed by atoms with Crippen molar-refractivity contribution in [3.05, 3.63) is 135 Å². The largest absolute Gasteiger partial charge is 2.00 e. The number of ketones is 2. The predicted octanol–water partition coefficient (Wildman–Crippen LogP) is 5.01. The zero-order valence-corrected chi connectivity index (χ0v) is 17.2. The van der Waals surface area contributed by atoms with E-state index in [-0.39, 0.29) is 34.6 Å². The van der Waals surface area contributed by atoms with Crippen molar-refractivity contribution < 1.29 is 26.7 Å². The van der Waals surface area contributed by atoms with Gasteiger partial charge in [0, 0.05) is 23.0 Å². The van der Waals surface area contributed by atoms with E-state index in [1.165, 1.54) is 0 Å². The summed E-state index contributed by atoms with van der Waals surface area (Å²) < 4.78 is 0. The van der Waals surface area contributed by atoms with E-state index < -0.39 is 0 Å². The first kappa shape index (κ1) is 23.6. The van der Waals surface area contributed by atoms with E-state index in [1.807, 2.05) is 101 Å². The minimum Gasteiger partial charge on any atom is -0.298 e. The van der Waals surface area contributed by atoms with Gasteiger partial charge in [-0.1, -0.05) is 55.5 Å². The Balaban J connectivity index is 0.000000437. The first-order valence-electron chi connectivity index (χ1n) is 9.29. The van der Waals surface area contributed by atoms with Crippen LogP contribution in [-0.4, -0.2) is 11.6 Å². The molecule has 0 heterocycles. The smallest absolute Gasteiger partial charge is 0.298 e. The normalized spacial score (nSPS) is 17.0. The molecule has 2 aliphatic rings. The van der Waals surface area contributed by atoms with Crippen molar-refractivity contribution >= 4 is 11.6 Å². The number of carbonyl (C=O) groups is 2. The van der Waals surface area contributed by atoms with Crippen molar-refractivity contribution in [3.8, 4) is 0 Å². The van der Waals surface area contributed by atoms with Crippen LogP contribution in [-0.2, 0) is 21.9 Å². The SMILES string of the molecule is CC(C(=O)[C]1[CH][CH][CH][CH]1)c1cccc(C(=O)c2ccccc2)c1.[CH]1[CH][CH][CH][CH]1.[Fe+2]. The quantitative estimate of drug-likeness (QED) is 0.501. The molecule has 29 heavy (non-hydrogen) atoms. The average molecular weight is 422 g/mol. The Morgan fingerprint density at radius 2 is 1.24 bits per heavy atom. The Morgan fingerprint density at radius 3 is 1.83 bits per heavy atom. The molecule has 0 amide bonds. The molecule has 1 atom stereocenters. The monoisotopic (exact) mass is 422 g/mol. The van der Waals surface area contributed by atoms with Gasteiger partial charge in [-0.3, -0.25) is 9.59 Å². The number of hydrogen-bond donors (Lipinski definition) is 0. The standard InChI is InChI=1S/C21H17O2.C5H5.Fe/c1-15(20(22)16-10-5-6-11-16)18-12-7-13-19(14-18)21(23)17-8-3-2-4-9-17;1-2-4-5-3-1;/h2-15H,1H3;1-5H;/q;;+2. The van der Waals surface area contributed by atoms with Gasteiger partial charge in [-0.2, -0.15) is 0 Å². The fourth-order valence-electron chi connectivity index (χ4n) is 2.97. The van der Waals surface area contributed by atoms with E-state index in [2.05, 4.69) is 0 Å². The van der Waals surface area contributed by atoms with Crippen molar-refractivity contribution in [1.82, 2.24) is 0 Å². The first-order valence-corrected chi connectivity index (χ1v) is 9.29. The van der Waals surface area contributed by atoms with Crippen LogP contribution in [0.2, 0.25) is 0 Å². The molecule has 0 aromatic heterocycles. The van der Waals surface area contributed by atoms with Gasteiger partial charge in [0.25, 0.3) is 0 Å². The van der Waals surface area contributed by atoms with Crippen LogP contribution in [0.15, 0.2) is 54.6 Å². The third kappa shape index (κ3) is 6.66. The Hall–Kier alpha value is -1.70. The zero-order chi connectivity index (χ0) is 19.8. The molecule has 2 fully saturated rings. The second-order valence-electron chi connectivity index (χ2n) is 6.54. The second kappa shape index (κ2) is 12.1. The Kier molecular flexibility index (Phi) is 9.84. The number of benzene rings is 2. The summed E-state index contributed by atoms with van der Waals surface area (Å²) in [6, 6.07) is 16.5. The maximum absolute atomic E-state index is 12.5. The molecule has 2 nitrogen and oxygen atoms in total. The molecule has 0 spiro atoms. The van der Waals surface area contributed by atoms with Gasteiger partial charge in [0.1, 0.15) is 5.78 Å². The Morgan fingerprint density at radius 1 is 0.690 bits per heavy atom. The average Bonchev–Trinajstić information content (AvgIpc) is 3.50. The topological polar surface area (TPSA) is 34.1 Å². The number of rotatable bonds is 5. The summed E-state index contributed by atoms with van der Waals surface area (Å²) in [5.41, 5.74) is 2.12. The molecule has 3 heteroatoms. The predicted molar refractivity (Wildman–Crippen MR) is 112 cm³/mol. The molecule has 2 aromatic rings. The van der Waals surface area contributed by atoms with Crippen LogP contribution in [0.4, 0.5) is 0 Å². The van der Waals surface area contributed by atoms with Crippen LogP contribution >= 0.6 is 0 Å². The molecule has 10 radical (unpaired) electrons. The summed E-state index contributed by atoms with van der Waals surface area (Å²) in [7, 11) is 0. The zero-order valence-electron chi connectivity index (χ0n) is 16.1. The molecule has 1 unspecified atom stereocenters. The van der Waals surface area contributed by atoms with Gasteiger partial charge in [-0.25, -0.2) is 0 Å². The minimum atomic E-state index is -0.277. The van der Waals surface area contributed by atoms with Gasteiger partial charge in [-0.05, 0) is 69.4 Å². The molecular formula is C26H22FeO2+2. The van der Waals surface area contributed by atoms with Crippen molar-refractivity contribution in [2.24, 2.45) is 0 Å². The van der Waals surface area contributed by atoms with Crippen LogP contribution in [0.5, 0.6) is 0 Å². The van der Waals surface area contributed by atoms with Gasteiger partial charge >= 0.3 is 17.1 Å². The summed E-state index contributed by atoms with van der Waals surface area (Å²) in [5, 5.41) is 0. The number of Topliss-reactive ketones (excluding diaryl/α,β-unsaturated/α-hetero) is 1. The van der Waals surface area contributed by atoms with E-state index in [1.54, 1.807) is 18.2 Å². The molecular weight excluding hydrogens is 400 g/mol. The molecule has 0 saturated heterocycles. The minimum absolute atomic E-state index is 0. The van der Waals surface area contributed by atoms with E-state index in [0.717, 1.165) is 5.56 Å². The van der Waals surface area contributed by atoms with E-state index in [4.69, 9.17) is 0 Å². The summed E-state index contributed by atoms with van der Waals surface area (Å²) in [5.74, 6) is 0.470. The Labute approximate surface area is 186 Å². The molecule has 2 aromatic carbocycles. The van der Waals surface area contributed by atoms with Crippen molar-refractivity contribution in [2.45, 2.75) is 12.8 Å². The van der Waals surface area contributed by atoms with Crippen LogP contribution in [0.25, 0.3) is 0 Å². The van der Waals surface area contributed by atoms with Gasteiger partial charge in [0.05, 0.1) is 0 Å². The molecule has 0 aliphatic heterocycles. The van der Waals surface area contributed by atoms with Gasteiger partial charge in [0.2, 0.25) is 0 Å². The summed E-state index contributed by atoms with van der Waals surface area (Å²) in [4.78, 5) is 25.0. The van der Waals surface area contributed by atoms with Crippen LogP contribution < -0.4 is 0 Å². The first-order chi connectivity index (χ1) is 13.7. The molecule has 0 bridgehead atoms. The van der Waals surface area contributed by atoms with Gasteiger partial charge < -0.3 is 0 Å². The molecule has 2 aliphatic carbocycles. The summed E-state index contributed by atoms with van der Waals surface area (Å²) in [6.07, 6.45) is 17.3. The molecule has 2 saturated carbocycles. The van der Waals surface area contributed by atoms with Gasteiger partial charge in [-0.15, -0.1) is 0 Å². The maximum atomic E-state index is 12.5. The fraction of sp³-hybridized carbons (Fsp3) is 0.0769. The van der Waals surface area contributed by atoms with Crippen LogP contribution in [0.1, 0.15) is 34.3 Å². The van der Waals surface area contributed by atoms with Crippen molar-refractivity contribution in [1.29, 1.82) is 0 Å². The second-order valence-corrected chi connectivity index (χ2v) is 6.54. The Bertz CT molecular complexity index is 767. The third-order valence-corrected chi connectivity index (χ3v) is 4.58. The van der Waals surface area contributed by atoms with Crippen LogP contribution in [0, 0.1) is 63.7 Å². The van der Waals surface area contributed by atoms with Crippen LogP contribution in [0.3, 0.4) is 0 Å². The van der Waals surface area contributed by atoms with Crippen molar-refractivity contribution in [2.75, 3.05) is 0 Å². The maximum Gasteiger partial charge on any atom is 2.00 e. The van der Waals surface area contributed by atoms with Gasteiger partial charge in [0.15, 0.2) is 5.78 Å². The van der Waals surface area contributed by atoms with E-state index >= 15 is 0 Å². The number of hydrogen-bond acceptors (Lipinski definition) is 2. The number of carbonyl (C=O) groups excluding carboxylic acids is 2. The summed E-state index contributed by atoms with van der Waals surface area (Å²) >= 11 is 0. The third-order valence-electron chi connectivity index (χ3n) is 4.58. The summed E-state index contributed by atoms with van der Waals surface area (Å²) in [6.45, 7) is 1.88. The molecule has 0 N–H and O–H groups in total. The molecule has 4 rings (SSSR count). The fourth-order valence-corrected chi connectivity index (χ4v) is 2.97.